The fourth-order valence-corrected chi connectivity index (χ4v) is 2.28. The molecule has 20 heavy (non-hydrogen) atoms. The first-order valence-corrected chi connectivity index (χ1v) is 6.72. The Morgan fingerprint density at radius 3 is 2.75 bits per heavy atom. The van der Waals surface area contributed by atoms with Gasteiger partial charge in [0.1, 0.15) is 0 Å². The second-order valence-electron chi connectivity index (χ2n) is 4.84. The largest absolute Gasteiger partial charge is 0.503 e. The van der Waals surface area contributed by atoms with Gasteiger partial charge in [0.25, 0.3) is 0 Å². The van der Waals surface area contributed by atoms with Crippen molar-refractivity contribution < 1.29 is 14.6 Å². The highest BCUT2D eigenvalue weighted by Crippen LogP contribution is 2.35. The second-order valence-corrected chi connectivity index (χ2v) is 5.25. The van der Waals surface area contributed by atoms with E-state index in [9.17, 15) is 9.90 Å². The smallest absolute Gasteiger partial charge is 0.223 e. The summed E-state index contributed by atoms with van der Waals surface area (Å²) in [6.45, 7) is 3.11. The Kier molecular flexibility index (Phi) is 6.10. The van der Waals surface area contributed by atoms with Crippen LogP contribution in [0.1, 0.15) is 12.5 Å². The lowest BCUT2D eigenvalue weighted by atomic mass is 10.1. The van der Waals surface area contributed by atoms with Crippen LogP contribution in [-0.4, -0.2) is 43.7 Å². The van der Waals surface area contributed by atoms with E-state index in [1.165, 1.54) is 7.11 Å². The summed E-state index contributed by atoms with van der Waals surface area (Å²) >= 11 is 5.95. The third kappa shape index (κ3) is 4.28. The normalized spacial score (nSPS) is 12.3. The molecule has 6 heteroatoms. The Hall–Kier alpha value is -1.46. The van der Waals surface area contributed by atoms with Crippen molar-refractivity contribution in [2.45, 2.75) is 13.5 Å². The summed E-state index contributed by atoms with van der Waals surface area (Å²) in [7, 11) is 5.03. The minimum atomic E-state index is -0.0977. The first-order chi connectivity index (χ1) is 9.38. The number of carbonyl (C=O) groups excluding carboxylic acids is 1. The average Bonchev–Trinajstić information content (AvgIpc) is 2.41. The predicted octanol–water partition coefficient (Wildman–Crippen LogP) is 1.87. The molecular weight excluding hydrogens is 280 g/mol. The van der Waals surface area contributed by atoms with Crippen LogP contribution >= 0.6 is 11.6 Å². The number of nitrogens with one attached hydrogen (secondary N) is 1. The Bertz CT molecular complexity index is 480. The van der Waals surface area contributed by atoms with Crippen molar-refractivity contribution >= 4 is 17.5 Å². The van der Waals surface area contributed by atoms with Gasteiger partial charge in [-0.25, -0.2) is 0 Å². The van der Waals surface area contributed by atoms with Gasteiger partial charge >= 0.3 is 0 Å². The number of rotatable bonds is 6. The molecule has 0 saturated heterocycles. The van der Waals surface area contributed by atoms with Crippen molar-refractivity contribution in [1.29, 1.82) is 0 Å². The summed E-state index contributed by atoms with van der Waals surface area (Å²) in [5.41, 5.74) is 0.913. The van der Waals surface area contributed by atoms with Crippen molar-refractivity contribution in [2.24, 2.45) is 5.92 Å². The van der Waals surface area contributed by atoms with E-state index >= 15 is 0 Å². The molecule has 0 aromatic heterocycles. The fraction of sp³-hybridized carbons (Fsp3) is 0.500. The quantitative estimate of drug-likeness (QED) is 0.842. The van der Waals surface area contributed by atoms with Crippen molar-refractivity contribution in [2.75, 3.05) is 27.7 Å². The molecule has 1 aromatic rings. The number of amides is 1. The molecule has 0 aliphatic rings. The molecular formula is C14H21ClN2O3. The van der Waals surface area contributed by atoms with Crippen molar-refractivity contribution in [3.63, 3.8) is 0 Å². The Labute approximate surface area is 124 Å². The number of phenols is 1. The standard InChI is InChI=1S/C14H21ClN2O3/c1-9(14(19)16-2)7-17(3)8-10-5-11(15)13(18)12(6-10)20-4/h5-6,9,18H,7-8H2,1-4H3,(H,16,19). The molecule has 1 rings (SSSR count). The van der Waals surface area contributed by atoms with Crippen LogP contribution in [0.15, 0.2) is 12.1 Å². The number of nitrogens with zero attached hydrogens (tertiary/aromatic N) is 1. The lowest BCUT2D eigenvalue weighted by Gasteiger charge is -2.21. The SMILES string of the molecule is CNC(=O)C(C)CN(C)Cc1cc(Cl)c(O)c(OC)c1. The molecule has 0 bridgehead atoms. The number of carbonyl (C=O) groups is 1. The summed E-state index contributed by atoms with van der Waals surface area (Å²) in [6.07, 6.45) is 0. The summed E-state index contributed by atoms with van der Waals surface area (Å²) < 4.78 is 5.07. The molecule has 5 nitrogen and oxygen atoms in total. The van der Waals surface area contributed by atoms with Crippen LogP contribution in [0.3, 0.4) is 0 Å². The third-order valence-electron chi connectivity index (χ3n) is 3.04. The Balaban J connectivity index is 2.73. The average molecular weight is 301 g/mol. The van der Waals surface area contributed by atoms with Gasteiger partial charge in [-0.05, 0) is 24.7 Å². The van der Waals surface area contributed by atoms with E-state index in [4.69, 9.17) is 16.3 Å². The monoisotopic (exact) mass is 300 g/mol. The van der Waals surface area contributed by atoms with Gasteiger partial charge in [-0.2, -0.15) is 0 Å². The highest BCUT2D eigenvalue weighted by atomic mass is 35.5. The number of benzene rings is 1. The summed E-state index contributed by atoms with van der Waals surface area (Å²) in [5, 5.41) is 12.6. The van der Waals surface area contributed by atoms with E-state index in [2.05, 4.69) is 5.32 Å². The fourth-order valence-electron chi connectivity index (χ4n) is 2.05. The Morgan fingerprint density at radius 2 is 2.20 bits per heavy atom. The minimum absolute atomic E-state index is 0.0122. The highest BCUT2D eigenvalue weighted by molar-refractivity contribution is 6.32. The van der Waals surface area contributed by atoms with Crippen molar-refractivity contribution in [1.82, 2.24) is 10.2 Å². The number of methoxy groups -OCH3 is 1. The molecule has 0 aliphatic heterocycles. The number of ether oxygens (including phenoxy) is 1. The molecule has 1 unspecified atom stereocenters. The number of halogens is 1. The molecule has 0 fully saturated rings. The van der Waals surface area contributed by atoms with Crippen LogP contribution in [0.2, 0.25) is 5.02 Å². The van der Waals surface area contributed by atoms with E-state index in [0.29, 0.717) is 18.8 Å². The highest BCUT2D eigenvalue weighted by Gasteiger charge is 2.15. The molecule has 0 aliphatic carbocycles. The van der Waals surface area contributed by atoms with Gasteiger partial charge in [-0.3, -0.25) is 4.79 Å². The second kappa shape index (κ2) is 7.36. The maximum Gasteiger partial charge on any atom is 0.223 e. The predicted molar refractivity (Wildman–Crippen MR) is 79.2 cm³/mol. The van der Waals surface area contributed by atoms with E-state index in [1.807, 2.05) is 18.9 Å². The van der Waals surface area contributed by atoms with Gasteiger partial charge in [0.2, 0.25) is 5.91 Å². The molecule has 1 atom stereocenters. The Morgan fingerprint density at radius 1 is 1.55 bits per heavy atom. The number of phenolic OH excluding ortho intramolecular Hbond substituents is 1. The van der Waals surface area contributed by atoms with Gasteiger partial charge in [0, 0.05) is 26.1 Å². The van der Waals surface area contributed by atoms with Gasteiger partial charge in [0.15, 0.2) is 11.5 Å². The molecule has 0 heterocycles. The lowest BCUT2D eigenvalue weighted by molar-refractivity contribution is -0.124. The first kappa shape index (κ1) is 16.6. The molecule has 112 valence electrons. The third-order valence-corrected chi connectivity index (χ3v) is 3.33. The molecule has 0 spiro atoms. The van der Waals surface area contributed by atoms with Crippen LogP contribution in [-0.2, 0) is 11.3 Å². The van der Waals surface area contributed by atoms with Crippen molar-refractivity contribution in [3.8, 4) is 11.5 Å². The van der Waals surface area contributed by atoms with Crippen molar-refractivity contribution in [3.05, 3.63) is 22.7 Å². The van der Waals surface area contributed by atoms with E-state index in [1.54, 1.807) is 19.2 Å². The first-order valence-electron chi connectivity index (χ1n) is 6.34. The lowest BCUT2D eigenvalue weighted by Crippen LogP contribution is -2.34. The zero-order valence-electron chi connectivity index (χ0n) is 12.2. The van der Waals surface area contributed by atoms with E-state index in [-0.39, 0.29) is 22.6 Å². The molecule has 0 radical (unpaired) electrons. The molecule has 2 N–H and O–H groups in total. The molecule has 1 aromatic carbocycles. The number of aromatic hydroxyl groups is 1. The summed E-state index contributed by atoms with van der Waals surface area (Å²) in [6, 6.07) is 3.43. The van der Waals surface area contributed by atoms with E-state index < -0.39 is 0 Å². The summed E-state index contributed by atoms with van der Waals surface area (Å²) in [4.78, 5) is 13.5. The topological polar surface area (TPSA) is 61.8 Å². The van der Waals surface area contributed by atoms with Crippen LogP contribution in [0.25, 0.3) is 0 Å². The zero-order valence-corrected chi connectivity index (χ0v) is 13.0. The van der Waals surface area contributed by atoms with Gasteiger partial charge in [0.05, 0.1) is 12.1 Å². The number of hydrogen-bond donors (Lipinski definition) is 2. The molecule has 1 amide bonds. The van der Waals surface area contributed by atoms with Gasteiger partial charge in [-0.15, -0.1) is 0 Å². The van der Waals surface area contributed by atoms with Crippen LogP contribution < -0.4 is 10.1 Å². The van der Waals surface area contributed by atoms with Crippen LogP contribution in [0.5, 0.6) is 11.5 Å². The summed E-state index contributed by atoms with van der Waals surface area (Å²) in [5.74, 6) is 0.206. The van der Waals surface area contributed by atoms with Crippen LogP contribution in [0.4, 0.5) is 0 Å². The van der Waals surface area contributed by atoms with Gasteiger partial charge < -0.3 is 20.1 Å². The number of hydrogen-bond acceptors (Lipinski definition) is 4. The maximum absolute atomic E-state index is 11.5. The maximum atomic E-state index is 11.5. The molecule has 0 saturated carbocycles. The van der Waals surface area contributed by atoms with E-state index in [0.717, 1.165) is 5.56 Å². The van der Waals surface area contributed by atoms with Crippen LogP contribution in [0, 0.1) is 5.92 Å². The zero-order chi connectivity index (χ0) is 15.3. The minimum Gasteiger partial charge on any atom is -0.503 e. The van der Waals surface area contributed by atoms with Gasteiger partial charge in [-0.1, -0.05) is 18.5 Å².